The van der Waals surface area contributed by atoms with Crippen molar-refractivity contribution in [2.75, 3.05) is 13.7 Å². The standard InChI is InChI=1S/C14H17ClN2O3/c1-20-10-3-2-9(11(15)8-10)6-7-16-14(19)12-4-5-13(18)17-12/h2-3,8,12H,4-7H2,1H3,(H,16,19)(H,17,18). The van der Waals surface area contributed by atoms with Crippen molar-refractivity contribution in [2.45, 2.75) is 25.3 Å². The summed E-state index contributed by atoms with van der Waals surface area (Å²) in [5, 5.41) is 6.06. The van der Waals surface area contributed by atoms with E-state index in [1.165, 1.54) is 0 Å². The second kappa shape index (κ2) is 6.61. The van der Waals surface area contributed by atoms with Crippen LogP contribution in [0.1, 0.15) is 18.4 Å². The minimum atomic E-state index is -0.395. The Hall–Kier alpha value is -1.75. The lowest BCUT2D eigenvalue weighted by atomic mass is 10.1. The number of benzene rings is 1. The molecule has 2 amide bonds. The molecule has 1 fully saturated rings. The van der Waals surface area contributed by atoms with E-state index in [0.717, 1.165) is 5.56 Å². The van der Waals surface area contributed by atoms with Gasteiger partial charge in [-0.2, -0.15) is 0 Å². The highest BCUT2D eigenvalue weighted by atomic mass is 35.5. The summed E-state index contributed by atoms with van der Waals surface area (Å²) in [6.45, 7) is 0.483. The molecule has 1 aliphatic rings. The molecule has 1 aliphatic heterocycles. The maximum atomic E-state index is 11.8. The second-order valence-corrected chi connectivity index (χ2v) is 5.06. The van der Waals surface area contributed by atoms with Crippen LogP contribution in [-0.4, -0.2) is 31.5 Å². The lowest BCUT2D eigenvalue weighted by Gasteiger charge is -2.11. The van der Waals surface area contributed by atoms with Gasteiger partial charge in [-0.25, -0.2) is 0 Å². The Bertz CT molecular complexity index is 519. The number of methoxy groups -OCH3 is 1. The molecule has 6 heteroatoms. The summed E-state index contributed by atoms with van der Waals surface area (Å²) in [7, 11) is 1.58. The Morgan fingerprint density at radius 3 is 2.95 bits per heavy atom. The molecule has 1 saturated heterocycles. The first-order valence-electron chi connectivity index (χ1n) is 6.49. The smallest absolute Gasteiger partial charge is 0.242 e. The number of carbonyl (C=O) groups excluding carboxylic acids is 2. The van der Waals surface area contributed by atoms with Crippen molar-refractivity contribution in [3.8, 4) is 5.75 Å². The van der Waals surface area contributed by atoms with E-state index in [-0.39, 0.29) is 11.8 Å². The average Bonchev–Trinajstić information content (AvgIpc) is 2.87. The van der Waals surface area contributed by atoms with Crippen LogP contribution in [0.25, 0.3) is 0 Å². The number of carbonyl (C=O) groups is 2. The molecular formula is C14H17ClN2O3. The molecule has 2 N–H and O–H groups in total. The van der Waals surface area contributed by atoms with Crippen molar-refractivity contribution in [2.24, 2.45) is 0 Å². The highest BCUT2D eigenvalue weighted by Gasteiger charge is 2.26. The van der Waals surface area contributed by atoms with E-state index in [4.69, 9.17) is 16.3 Å². The van der Waals surface area contributed by atoms with Gasteiger partial charge in [0, 0.05) is 18.0 Å². The Labute approximate surface area is 122 Å². The van der Waals surface area contributed by atoms with Crippen molar-refractivity contribution in [1.82, 2.24) is 10.6 Å². The Morgan fingerprint density at radius 1 is 1.55 bits per heavy atom. The van der Waals surface area contributed by atoms with Gasteiger partial charge >= 0.3 is 0 Å². The molecule has 0 radical (unpaired) electrons. The van der Waals surface area contributed by atoms with Gasteiger partial charge in [0.25, 0.3) is 0 Å². The quantitative estimate of drug-likeness (QED) is 0.860. The Morgan fingerprint density at radius 2 is 2.35 bits per heavy atom. The molecule has 0 spiro atoms. The third-order valence-electron chi connectivity index (χ3n) is 3.27. The summed E-state index contributed by atoms with van der Waals surface area (Å²) in [5.41, 5.74) is 0.947. The normalized spacial score (nSPS) is 17.7. The van der Waals surface area contributed by atoms with Gasteiger partial charge in [-0.05, 0) is 30.5 Å². The number of ether oxygens (including phenoxy) is 1. The van der Waals surface area contributed by atoms with Gasteiger partial charge in [-0.1, -0.05) is 17.7 Å². The zero-order valence-electron chi connectivity index (χ0n) is 11.2. The number of rotatable bonds is 5. The summed E-state index contributed by atoms with van der Waals surface area (Å²) in [6.07, 6.45) is 1.62. The van der Waals surface area contributed by atoms with Crippen LogP contribution in [0.5, 0.6) is 5.75 Å². The number of halogens is 1. The first-order valence-corrected chi connectivity index (χ1v) is 6.87. The molecule has 0 saturated carbocycles. The fourth-order valence-corrected chi connectivity index (χ4v) is 2.38. The van der Waals surface area contributed by atoms with Gasteiger partial charge in [0.15, 0.2) is 0 Å². The average molecular weight is 297 g/mol. The molecule has 1 unspecified atom stereocenters. The van der Waals surface area contributed by atoms with Gasteiger partial charge in [0.1, 0.15) is 11.8 Å². The van der Waals surface area contributed by atoms with Crippen LogP contribution < -0.4 is 15.4 Å². The van der Waals surface area contributed by atoms with E-state index in [1.54, 1.807) is 13.2 Å². The number of nitrogens with one attached hydrogen (secondary N) is 2. The lowest BCUT2D eigenvalue weighted by Crippen LogP contribution is -2.42. The minimum absolute atomic E-state index is 0.0663. The van der Waals surface area contributed by atoms with Gasteiger partial charge < -0.3 is 15.4 Å². The molecule has 0 aromatic heterocycles. The molecule has 1 aromatic carbocycles. The van der Waals surface area contributed by atoms with Crippen LogP contribution in [0.3, 0.4) is 0 Å². The predicted molar refractivity (Wildman–Crippen MR) is 75.9 cm³/mol. The van der Waals surface area contributed by atoms with Crippen molar-refractivity contribution < 1.29 is 14.3 Å². The monoisotopic (exact) mass is 296 g/mol. The number of amides is 2. The highest BCUT2D eigenvalue weighted by molar-refractivity contribution is 6.31. The van der Waals surface area contributed by atoms with Gasteiger partial charge in [-0.15, -0.1) is 0 Å². The molecule has 0 bridgehead atoms. The minimum Gasteiger partial charge on any atom is -0.497 e. The van der Waals surface area contributed by atoms with Gasteiger partial charge in [0.2, 0.25) is 11.8 Å². The van der Waals surface area contributed by atoms with Crippen molar-refractivity contribution in [1.29, 1.82) is 0 Å². The van der Waals surface area contributed by atoms with Crippen LogP contribution in [0.15, 0.2) is 18.2 Å². The molecule has 1 aromatic rings. The Kier molecular flexibility index (Phi) is 4.84. The fourth-order valence-electron chi connectivity index (χ4n) is 2.11. The van der Waals surface area contributed by atoms with Crippen molar-refractivity contribution in [3.63, 3.8) is 0 Å². The number of hydrogen-bond acceptors (Lipinski definition) is 3. The van der Waals surface area contributed by atoms with Crippen LogP contribution in [0.4, 0.5) is 0 Å². The second-order valence-electron chi connectivity index (χ2n) is 4.66. The summed E-state index contributed by atoms with van der Waals surface area (Å²) in [4.78, 5) is 22.8. The molecule has 108 valence electrons. The summed E-state index contributed by atoms with van der Waals surface area (Å²) in [5.74, 6) is 0.500. The third kappa shape index (κ3) is 3.63. The SMILES string of the molecule is COc1ccc(CCNC(=O)C2CCC(=O)N2)c(Cl)c1. The molecular weight excluding hydrogens is 280 g/mol. The van der Waals surface area contributed by atoms with E-state index >= 15 is 0 Å². The van der Waals surface area contributed by atoms with Gasteiger partial charge in [-0.3, -0.25) is 9.59 Å². The van der Waals surface area contributed by atoms with E-state index < -0.39 is 6.04 Å². The first-order chi connectivity index (χ1) is 9.60. The summed E-state index contributed by atoms with van der Waals surface area (Å²) >= 11 is 6.12. The molecule has 5 nitrogen and oxygen atoms in total. The van der Waals surface area contributed by atoms with E-state index in [1.807, 2.05) is 12.1 Å². The molecule has 1 heterocycles. The van der Waals surface area contributed by atoms with Crippen molar-refractivity contribution >= 4 is 23.4 Å². The van der Waals surface area contributed by atoms with Crippen LogP contribution >= 0.6 is 11.6 Å². The third-order valence-corrected chi connectivity index (χ3v) is 3.62. The highest BCUT2D eigenvalue weighted by Crippen LogP contribution is 2.22. The van der Waals surface area contributed by atoms with Crippen LogP contribution in [-0.2, 0) is 16.0 Å². The zero-order valence-corrected chi connectivity index (χ0v) is 12.0. The predicted octanol–water partition coefficient (Wildman–Crippen LogP) is 1.29. The van der Waals surface area contributed by atoms with Gasteiger partial charge in [0.05, 0.1) is 7.11 Å². The number of hydrogen-bond donors (Lipinski definition) is 2. The fraction of sp³-hybridized carbons (Fsp3) is 0.429. The van der Waals surface area contributed by atoms with Crippen molar-refractivity contribution in [3.05, 3.63) is 28.8 Å². The Balaban J connectivity index is 1.81. The first kappa shape index (κ1) is 14.7. The maximum absolute atomic E-state index is 11.8. The molecule has 1 atom stereocenters. The van der Waals surface area contributed by atoms with E-state index in [2.05, 4.69) is 10.6 Å². The molecule has 20 heavy (non-hydrogen) atoms. The summed E-state index contributed by atoms with van der Waals surface area (Å²) in [6, 6.07) is 5.06. The summed E-state index contributed by atoms with van der Waals surface area (Å²) < 4.78 is 5.08. The maximum Gasteiger partial charge on any atom is 0.242 e. The van der Waals surface area contributed by atoms with E-state index in [9.17, 15) is 9.59 Å². The largest absolute Gasteiger partial charge is 0.497 e. The molecule has 2 rings (SSSR count). The van der Waals surface area contributed by atoms with Crippen LogP contribution in [0, 0.1) is 0 Å². The lowest BCUT2D eigenvalue weighted by molar-refractivity contribution is -0.125. The topological polar surface area (TPSA) is 67.4 Å². The zero-order chi connectivity index (χ0) is 14.5. The molecule has 0 aliphatic carbocycles. The van der Waals surface area contributed by atoms with E-state index in [0.29, 0.717) is 36.6 Å². The van der Waals surface area contributed by atoms with Crippen LogP contribution in [0.2, 0.25) is 5.02 Å².